The number of carbonyl (C=O) groups excluding carboxylic acids is 1. The molecule has 2 aromatic heterocycles. The third-order valence-corrected chi connectivity index (χ3v) is 3.77. The maximum Gasteiger partial charge on any atom is 0.258 e. The maximum atomic E-state index is 12.2. The zero-order valence-corrected chi connectivity index (χ0v) is 12.5. The minimum atomic E-state index is -0.278. The molecule has 2 heterocycles. The predicted octanol–water partition coefficient (Wildman–Crippen LogP) is 2.29. The van der Waals surface area contributed by atoms with E-state index in [0.29, 0.717) is 22.2 Å². The highest BCUT2D eigenvalue weighted by molar-refractivity contribution is 7.98. The van der Waals surface area contributed by atoms with Crippen LogP contribution in [0, 0.1) is 0 Å². The summed E-state index contributed by atoms with van der Waals surface area (Å²) in [5, 5.41) is 4.02. The molecule has 0 saturated carbocycles. The number of aromatic nitrogens is 3. The molecule has 7 heteroatoms. The van der Waals surface area contributed by atoms with Gasteiger partial charge in [0.15, 0.2) is 0 Å². The van der Waals surface area contributed by atoms with E-state index in [4.69, 9.17) is 0 Å². The SMILES string of the molecule is CSc1ccc(C(=O)Nc2ccc3nc[nH]c(=O)c3c2)cn1. The van der Waals surface area contributed by atoms with Crippen LogP contribution in [0.15, 0.2) is 52.7 Å². The van der Waals surface area contributed by atoms with Crippen molar-refractivity contribution in [3.63, 3.8) is 0 Å². The van der Waals surface area contributed by atoms with Gasteiger partial charge in [-0.2, -0.15) is 0 Å². The summed E-state index contributed by atoms with van der Waals surface area (Å²) in [5.74, 6) is -0.278. The minimum absolute atomic E-state index is 0.243. The van der Waals surface area contributed by atoms with E-state index in [0.717, 1.165) is 5.03 Å². The Labute approximate surface area is 130 Å². The van der Waals surface area contributed by atoms with Crippen molar-refractivity contribution in [1.29, 1.82) is 0 Å². The number of hydrogen-bond donors (Lipinski definition) is 2. The molecule has 3 aromatic rings. The molecule has 2 N–H and O–H groups in total. The van der Waals surface area contributed by atoms with E-state index in [1.807, 2.05) is 6.26 Å². The fraction of sp³-hybridized carbons (Fsp3) is 0.0667. The van der Waals surface area contributed by atoms with Crippen LogP contribution in [-0.4, -0.2) is 27.1 Å². The molecule has 0 spiro atoms. The lowest BCUT2D eigenvalue weighted by Crippen LogP contribution is -2.13. The first-order valence-corrected chi connectivity index (χ1v) is 7.69. The molecule has 3 rings (SSSR count). The Morgan fingerprint density at radius 2 is 2.09 bits per heavy atom. The number of anilines is 1. The Morgan fingerprint density at radius 1 is 1.23 bits per heavy atom. The van der Waals surface area contributed by atoms with E-state index in [2.05, 4.69) is 20.3 Å². The largest absolute Gasteiger partial charge is 0.322 e. The second kappa shape index (κ2) is 5.98. The van der Waals surface area contributed by atoms with Crippen LogP contribution < -0.4 is 10.9 Å². The van der Waals surface area contributed by atoms with Crippen LogP contribution in [0.25, 0.3) is 10.9 Å². The first-order chi connectivity index (χ1) is 10.7. The summed E-state index contributed by atoms with van der Waals surface area (Å²) >= 11 is 1.51. The van der Waals surface area contributed by atoms with E-state index in [9.17, 15) is 9.59 Å². The first kappa shape index (κ1) is 14.3. The highest BCUT2D eigenvalue weighted by atomic mass is 32.2. The summed E-state index contributed by atoms with van der Waals surface area (Å²) < 4.78 is 0. The van der Waals surface area contributed by atoms with Crippen LogP contribution in [0.1, 0.15) is 10.4 Å². The van der Waals surface area contributed by atoms with Gasteiger partial charge in [0.1, 0.15) is 0 Å². The Morgan fingerprint density at radius 3 is 2.82 bits per heavy atom. The van der Waals surface area contributed by atoms with Gasteiger partial charge in [0.2, 0.25) is 0 Å². The zero-order chi connectivity index (χ0) is 15.5. The van der Waals surface area contributed by atoms with Gasteiger partial charge in [-0.15, -0.1) is 11.8 Å². The van der Waals surface area contributed by atoms with Crippen LogP contribution in [0.3, 0.4) is 0 Å². The summed E-state index contributed by atoms with van der Waals surface area (Å²) in [4.78, 5) is 34.6. The van der Waals surface area contributed by atoms with Gasteiger partial charge < -0.3 is 10.3 Å². The highest BCUT2D eigenvalue weighted by Crippen LogP contribution is 2.16. The smallest absolute Gasteiger partial charge is 0.258 e. The van der Waals surface area contributed by atoms with Crippen molar-refractivity contribution in [3.8, 4) is 0 Å². The number of thioether (sulfide) groups is 1. The van der Waals surface area contributed by atoms with E-state index in [1.54, 1.807) is 30.3 Å². The van der Waals surface area contributed by atoms with Crippen molar-refractivity contribution in [3.05, 3.63) is 58.8 Å². The third kappa shape index (κ3) is 2.84. The molecule has 1 amide bonds. The summed E-state index contributed by atoms with van der Waals surface area (Å²) in [5.41, 5.74) is 1.32. The van der Waals surface area contributed by atoms with Gasteiger partial charge in [-0.05, 0) is 36.6 Å². The molecule has 0 aliphatic carbocycles. The van der Waals surface area contributed by atoms with Gasteiger partial charge >= 0.3 is 0 Å². The number of fused-ring (bicyclic) bond motifs is 1. The van der Waals surface area contributed by atoms with E-state index >= 15 is 0 Å². The number of nitrogens with one attached hydrogen (secondary N) is 2. The molecule has 0 aliphatic rings. The van der Waals surface area contributed by atoms with Gasteiger partial charge in [-0.3, -0.25) is 9.59 Å². The molecule has 1 aromatic carbocycles. The van der Waals surface area contributed by atoms with Crippen LogP contribution >= 0.6 is 11.8 Å². The lowest BCUT2D eigenvalue weighted by molar-refractivity contribution is 0.102. The summed E-state index contributed by atoms with van der Waals surface area (Å²) in [6.45, 7) is 0. The highest BCUT2D eigenvalue weighted by Gasteiger charge is 2.08. The minimum Gasteiger partial charge on any atom is -0.322 e. The average molecular weight is 312 g/mol. The predicted molar refractivity (Wildman–Crippen MR) is 86.3 cm³/mol. The number of amides is 1. The molecule has 6 nitrogen and oxygen atoms in total. The van der Waals surface area contributed by atoms with E-state index in [-0.39, 0.29) is 11.5 Å². The molecule has 0 aliphatic heterocycles. The van der Waals surface area contributed by atoms with Gasteiger partial charge in [-0.25, -0.2) is 9.97 Å². The van der Waals surface area contributed by atoms with Crippen LogP contribution in [-0.2, 0) is 0 Å². The number of rotatable bonds is 3. The van der Waals surface area contributed by atoms with Crippen LogP contribution in [0.2, 0.25) is 0 Å². The normalized spacial score (nSPS) is 10.6. The molecule has 0 atom stereocenters. The molecule has 0 fully saturated rings. The molecule has 0 bridgehead atoms. The molecular weight excluding hydrogens is 300 g/mol. The fourth-order valence-electron chi connectivity index (χ4n) is 1.99. The Hall–Kier alpha value is -2.67. The number of H-pyrrole nitrogens is 1. The first-order valence-electron chi connectivity index (χ1n) is 6.46. The standard InChI is InChI=1S/C15H12N4O2S/c1-22-13-5-2-9(7-16-13)14(20)19-10-3-4-12-11(6-10)15(21)18-8-17-12/h2-8H,1H3,(H,19,20)(H,17,18,21). The lowest BCUT2D eigenvalue weighted by atomic mass is 10.2. The Kier molecular flexibility index (Phi) is 3.88. The Balaban J connectivity index is 1.87. The summed E-state index contributed by atoms with van der Waals surface area (Å²) in [6, 6.07) is 8.49. The monoisotopic (exact) mass is 312 g/mol. The number of benzene rings is 1. The summed E-state index contributed by atoms with van der Waals surface area (Å²) in [7, 11) is 0. The molecule has 0 unspecified atom stereocenters. The van der Waals surface area contributed by atoms with Gasteiger partial charge in [0, 0.05) is 11.9 Å². The van der Waals surface area contributed by atoms with Gasteiger partial charge in [0.25, 0.3) is 11.5 Å². The Bertz CT molecular complexity index is 890. The fourth-order valence-corrected chi connectivity index (χ4v) is 2.35. The number of hydrogen-bond acceptors (Lipinski definition) is 5. The van der Waals surface area contributed by atoms with E-state index in [1.165, 1.54) is 24.3 Å². The molecule has 22 heavy (non-hydrogen) atoms. The number of aromatic amines is 1. The third-order valence-electron chi connectivity index (χ3n) is 3.11. The van der Waals surface area contributed by atoms with Crippen molar-refractivity contribution in [2.24, 2.45) is 0 Å². The molecule has 0 saturated heterocycles. The summed E-state index contributed by atoms with van der Waals surface area (Å²) in [6.07, 6.45) is 4.79. The van der Waals surface area contributed by atoms with Crippen molar-refractivity contribution in [2.45, 2.75) is 5.03 Å². The van der Waals surface area contributed by atoms with Gasteiger partial charge in [-0.1, -0.05) is 0 Å². The second-order valence-corrected chi connectivity index (χ2v) is 5.33. The van der Waals surface area contributed by atoms with Crippen LogP contribution in [0.4, 0.5) is 5.69 Å². The maximum absolute atomic E-state index is 12.2. The quantitative estimate of drug-likeness (QED) is 0.725. The van der Waals surface area contributed by atoms with Crippen molar-refractivity contribution < 1.29 is 4.79 Å². The van der Waals surface area contributed by atoms with Crippen LogP contribution in [0.5, 0.6) is 0 Å². The zero-order valence-electron chi connectivity index (χ0n) is 11.7. The van der Waals surface area contributed by atoms with Gasteiger partial charge in [0.05, 0.1) is 27.8 Å². The molecular formula is C15H12N4O2S. The molecule has 110 valence electrons. The van der Waals surface area contributed by atoms with E-state index < -0.39 is 0 Å². The van der Waals surface area contributed by atoms with Crippen molar-refractivity contribution in [2.75, 3.05) is 11.6 Å². The average Bonchev–Trinajstić information content (AvgIpc) is 2.55. The number of carbonyl (C=O) groups is 1. The topological polar surface area (TPSA) is 87.7 Å². The van der Waals surface area contributed by atoms with Crippen molar-refractivity contribution in [1.82, 2.24) is 15.0 Å². The van der Waals surface area contributed by atoms with Crippen molar-refractivity contribution >= 4 is 34.3 Å². The number of pyridine rings is 1. The second-order valence-electron chi connectivity index (χ2n) is 4.51. The molecule has 0 radical (unpaired) electrons. The number of nitrogens with zero attached hydrogens (tertiary/aromatic N) is 2. The lowest BCUT2D eigenvalue weighted by Gasteiger charge is -2.06.